The fourth-order valence-electron chi connectivity index (χ4n) is 3.60. The number of nitro groups is 1. The Balaban J connectivity index is 1.63. The van der Waals surface area contributed by atoms with Gasteiger partial charge in [-0.1, -0.05) is 30.3 Å². The highest BCUT2D eigenvalue weighted by Gasteiger charge is 2.34. The molecule has 0 saturated heterocycles. The van der Waals surface area contributed by atoms with Gasteiger partial charge in [0.25, 0.3) is 17.5 Å². The molecule has 1 atom stereocenters. The summed E-state index contributed by atoms with van der Waals surface area (Å²) in [5, 5.41) is 18.8. The highest BCUT2D eigenvalue weighted by atomic mass is 32.1. The predicted molar refractivity (Wildman–Crippen MR) is 122 cm³/mol. The second-order valence-corrected chi connectivity index (χ2v) is 8.45. The Morgan fingerprint density at radius 2 is 1.97 bits per heavy atom. The quantitative estimate of drug-likeness (QED) is 0.401. The number of hydrogen-bond donors (Lipinski definition) is 0. The summed E-state index contributed by atoms with van der Waals surface area (Å²) in [7, 11) is 1.53. The van der Waals surface area contributed by atoms with Crippen molar-refractivity contribution in [2.45, 2.75) is 12.5 Å². The van der Waals surface area contributed by atoms with Gasteiger partial charge in [0.1, 0.15) is 12.4 Å². The summed E-state index contributed by atoms with van der Waals surface area (Å²) in [5.41, 5.74) is 1.64. The molecule has 3 aromatic rings. The molecule has 10 heteroatoms. The third kappa shape index (κ3) is 4.80. The van der Waals surface area contributed by atoms with Crippen LogP contribution >= 0.6 is 11.3 Å². The summed E-state index contributed by atoms with van der Waals surface area (Å²) < 4.78 is 13.4. The first-order chi connectivity index (χ1) is 15.8. The van der Waals surface area contributed by atoms with E-state index in [1.807, 2.05) is 0 Å². The molecule has 4 rings (SSSR count). The van der Waals surface area contributed by atoms with Gasteiger partial charge >= 0.3 is 0 Å². The largest absolute Gasteiger partial charge is 0.332 e. The Hall–Kier alpha value is -3.92. The maximum absolute atomic E-state index is 13.4. The van der Waals surface area contributed by atoms with Gasteiger partial charge in [-0.2, -0.15) is 5.10 Å². The fraction of sp³-hybridized carbons (Fsp3) is 0.174. The van der Waals surface area contributed by atoms with Crippen LogP contribution in [0.5, 0.6) is 0 Å². The Morgan fingerprint density at radius 3 is 2.64 bits per heavy atom. The number of amides is 2. The number of rotatable bonds is 6. The molecule has 0 saturated carbocycles. The van der Waals surface area contributed by atoms with Gasteiger partial charge in [-0.05, 0) is 34.7 Å². The molecule has 0 unspecified atom stereocenters. The van der Waals surface area contributed by atoms with Crippen molar-refractivity contribution in [2.24, 2.45) is 5.10 Å². The van der Waals surface area contributed by atoms with Crippen LogP contribution in [-0.4, -0.2) is 46.0 Å². The number of carbonyl (C=O) groups excluding carboxylic acids is 2. The normalized spacial score (nSPS) is 15.3. The summed E-state index contributed by atoms with van der Waals surface area (Å²) in [4.78, 5) is 38.3. The third-order valence-corrected chi connectivity index (χ3v) is 6.12. The number of thiophene rings is 1. The third-order valence-electron chi connectivity index (χ3n) is 5.26. The van der Waals surface area contributed by atoms with Gasteiger partial charge in [-0.15, -0.1) is 11.3 Å². The molecule has 2 aromatic carbocycles. The number of hydrogen-bond acceptors (Lipinski definition) is 6. The fourth-order valence-corrected chi connectivity index (χ4v) is 4.32. The van der Waals surface area contributed by atoms with E-state index >= 15 is 0 Å². The van der Waals surface area contributed by atoms with E-state index in [1.165, 1.54) is 52.6 Å². The van der Waals surface area contributed by atoms with Gasteiger partial charge in [0.05, 0.1) is 21.6 Å². The SMILES string of the molecule is CN(CC(=O)N1N=C(c2ccc(F)cc2)C[C@H]1c1cccc([N+](=O)[O-])c1)C(=O)c1cccs1. The molecule has 0 bridgehead atoms. The van der Waals surface area contributed by atoms with Gasteiger partial charge in [-0.25, -0.2) is 9.40 Å². The number of likely N-dealkylation sites (N-methyl/N-ethyl adjacent to an activating group) is 1. The lowest BCUT2D eigenvalue weighted by atomic mass is 9.98. The van der Waals surface area contributed by atoms with Gasteiger partial charge in [0, 0.05) is 25.6 Å². The minimum Gasteiger partial charge on any atom is -0.332 e. The second-order valence-electron chi connectivity index (χ2n) is 7.50. The van der Waals surface area contributed by atoms with Crippen molar-refractivity contribution in [3.63, 3.8) is 0 Å². The van der Waals surface area contributed by atoms with Gasteiger partial charge in [0.15, 0.2) is 0 Å². The lowest BCUT2D eigenvalue weighted by Gasteiger charge is -2.24. The van der Waals surface area contributed by atoms with Crippen LogP contribution in [-0.2, 0) is 4.79 Å². The van der Waals surface area contributed by atoms with Crippen LogP contribution in [0.1, 0.15) is 33.3 Å². The van der Waals surface area contributed by atoms with Crippen LogP contribution in [0.15, 0.2) is 71.1 Å². The molecule has 2 amide bonds. The molecule has 0 N–H and O–H groups in total. The first-order valence-electron chi connectivity index (χ1n) is 10.0. The minimum atomic E-state index is -0.595. The first-order valence-corrected chi connectivity index (χ1v) is 10.9. The van der Waals surface area contributed by atoms with E-state index in [0.29, 0.717) is 28.1 Å². The van der Waals surface area contributed by atoms with E-state index in [2.05, 4.69) is 5.10 Å². The number of benzene rings is 2. The van der Waals surface area contributed by atoms with Gasteiger partial charge < -0.3 is 4.90 Å². The molecule has 0 aliphatic carbocycles. The molecule has 168 valence electrons. The molecule has 2 heterocycles. The number of nitro benzene ring substituents is 1. The van der Waals surface area contributed by atoms with Crippen molar-refractivity contribution < 1.29 is 18.9 Å². The maximum atomic E-state index is 13.4. The minimum absolute atomic E-state index is 0.0971. The summed E-state index contributed by atoms with van der Waals surface area (Å²) in [6.45, 7) is -0.220. The van der Waals surface area contributed by atoms with Crippen molar-refractivity contribution in [3.05, 3.63) is 98.0 Å². The lowest BCUT2D eigenvalue weighted by molar-refractivity contribution is -0.385. The van der Waals surface area contributed by atoms with Crippen LogP contribution in [0.3, 0.4) is 0 Å². The average Bonchev–Trinajstić information content (AvgIpc) is 3.50. The molecule has 0 spiro atoms. The Bertz CT molecular complexity index is 1230. The van der Waals surface area contributed by atoms with Crippen molar-refractivity contribution in [1.82, 2.24) is 9.91 Å². The molecule has 1 aliphatic heterocycles. The Morgan fingerprint density at radius 1 is 1.21 bits per heavy atom. The number of hydrazone groups is 1. The molecular formula is C23H19FN4O4S. The molecular weight excluding hydrogens is 447 g/mol. The van der Waals surface area contributed by atoms with Gasteiger partial charge in [0.2, 0.25) is 0 Å². The zero-order valence-electron chi connectivity index (χ0n) is 17.6. The highest BCUT2D eigenvalue weighted by molar-refractivity contribution is 7.12. The number of halogens is 1. The number of nitrogens with zero attached hydrogens (tertiary/aromatic N) is 4. The van der Waals surface area contributed by atoms with Crippen molar-refractivity contribution in [1.29, 1.82) is 0 Å². The maximum Gasteiger partial charge on any atom is 0.269 e. The van der Waals surface area contributed by atoms with E-state index in [-0.39, 0.29) is 18.1 Å². The zero-order chi connectivity index (χ0) is 23.5. The smallest absolute Gasteiger partial charge is 0.269 e. The van der Waals surface area contributed by atoms with Crippen LogP contribution in [0.4, 0.5) is 10.1 Å². The predicted octanol–water partition coefficient (Wildman–Crippen LogP) is 4.25. The summed E-state index contributed by atoms with van der Waals surface area (Å²) in [6.07, 6.45) is 0.293. The molecule has 33 heavy (non-hydrogen) atoms. The van der Waals surface area contributed by atoms with Crippen molar-refractivity contribution >= 4 is 34.6 Å². The van der Waals surface area contributed by atoms with E-state index in [0.717, 1.165) is 0 Å². The van der Waals surface area contributed by atoms with Crippen LogP contribution in [0, 0.1) is 15.9 Å². The van der Waals surface area contributed by atoms with E-state index in [1.54, 1.807) is 41.8 Å². The highest BCUT2D eigenvalue weighted by Crippen LogP contribution is 2.34. The zero-order valence-corrected chi connectivity index (χ0v) is 18.4. The van der Waals surface area contributed by atoms with E-state index < -0.39 is 22.7 Å². The van der Waals surface area contributed by atoms with Crippen molar-refractivity contribution in [2.75, 3.05) is 13.6 Å². The molecule has 8 nitrogen and oxygen atoms in total. The van der Waals surface area contributed by atoms with E-state index in [4.69, 9.17) is 0 Å². The second kappa shape index (κ2) is 9.29. The molecule has 0 fully saturated rings. The van der Waals surface area contributed by atoms with Crippen LogP contribution in [0.25, 0.3) is 0 Å². The summed E-state index contributed by atoms with van der Waals surface area (Å²) >= 11 is 1.28. The average molecular weight is 466 g/mol. The number of carbonyl (C=O) groups is 2. The lowest BCUT2D eigenvalue weighted by Crippen LogP contribution is -2.39. The summed E-state index contributed by atoms with van der Waals surface area (Å²) in [6, 6.07) is 14.6. The monoisotopic (exact) mass is 466 g/mol. The van der Waals surface area contributed by atoms with Crippen LogP contribution in [0.2, 0.25) is 0 Å². The first kappa shape index (κ1) is 22.3. The summed E-state index contributed by atoms with van der Waals surface area (Å²) in [5.74, 6) is -1.11. The van der Waals surface area contributed by atoms with Crippen molar-refractivity contribution in [3.8, 4) is 0 Å². The standard InChI is InChI=1S/C23H19FN4O4S/c1-26(23(30)21-6-3-11-33-21)14-22(29)27-20(16-4-2-5-18(12-16)28(31)32)13-19(25-27)15-7-9-17(24)10-8-15/h2-12,20H,13-14H2,1H3/t20-/m0/s1. The molecule has 1 aliphatic rings. The van der Waals surface area contributed by atoms with E-state index in [9.17, 15) is 24.1 Å². The Kier molecular flexibility index (Phi) is 6.27. The topological polar surface area (TPSA) is 96.1 Å². The van der Waals surface area contributed by atoms with Crippen LogP contribution < -0.4 is 0 Å². The number of non-ortho nitro benzene ring substituents is 1. The molecule has 1 aromatic heterocycles. The molecule has 0 radical (unpaired) electrons. The Labute approximate surface area is 192 Å². The van der Waals surface area contributed by atoms with Gasteiger partial charge in [-0.3, -0.25) is 19.7 Å².